The van der Waals surface area contributed by atoms with Crippen molar-refractivity contribution < 1.29 is 14.7 Å². The third kappa shape index (κ3) is 3.97. The molecule has 2 aliphatic carbocycles. The van der Waals surface area contributed by atoms with E-state index >= 15 is 0 Å². The highest BCUT2D eigenvalue weighted by molar-refractivity contribution is 5.78. The summed E-state index contributed by atoms with van der Waals surface area (Å²) in [4.78, 5) is 23.4. The van der Waals surface area contributed by atoms with E-state index in [1.165, 1.54) is 19.3 Å². The second kappa shape index (κ2) is 6.15. The van der Waals surface area contributed by atoms with Crippen molar-refractivity contribution in [3.05, 3.63) is 0 Å². The topological polar surface area (TPSA) is 66.4 Å². The normalized spacial score (nSPS) is 24.2. The van der Waals surface area contributed by atoms with Gasteiger partial charge in [-0.25, -0.2) is 0 Å². The van der Waals surface area contributed by atoms with Crippen molar-refractivity contribution in [2.45, 2.75) is 83.1 Å². The lowest BCUT2D eigenvalue weighted by molar-refractivity contribution is -0.140. The molecular formula is C16H27NO3. The molecule has 0 aromatic heterocycles. The van der Waals surface area contributed by atoms with Crippen molar-refractivity contribution in [1.29, 1.82) is 0 Å². The van der Waals surface area contributed by atoms with Crippen LogP contribution in [0.1, 0.15) is 77.6 Å². The highest BCUT2D eigenvalue weighted by atomic mass is 16.4. The molecule has 4 nitrogen and oxygen atoms in total. The van der Waals surface area contributed by atoms with Crippen LogP contribution in [0.4, 0.5) is 0 Å². The van der Waals surface area contributed by atoms with Crippen LogP contribution in [0.2, 0.25) is 0 Å². The molecule has 0 atom stereocenters. The molecule has 0 spiro atoms. The summed E-state index contributed by atoms with van der Waals surface area (Å²) in [6.45, 7) is 2.13. The Hall–Kier alpha value is -1.06. The van der Waals surface area contributed by atoms with Gasteiger partial charge in [0.2, 0.25) is 5.91 Å². The van der Waals surface area contributed by atoms with Crippen LogP contribution in [-0.4, -0.2) is 22.5 Å². The zero-order chi connectivity index (χ0) is 14.6. The van der Waals surface area contributed by atoms with Crippen LogP contribution in [-0.2, 0) is 9.59 Å². The smallest absolute Gasteiger partial charge is 0.303 e. The first kappa shape index (κ1) is 15.3. The number of hydrogen-bond donors (Lipinski definition) is 2. The molecule has 20 heavy (non-hydrogen) atoms. The second-order valence-electron chi connectivity index (χ2n) is 7.12. The third-order valence-electron chi connectivity index (χ3n) is 5.12. The molecule has 0 aromatic carbocycles. The fraction of sp³-hybridized carbons (Fsp3) is 0.875. The van der Waals surface area contributed by atoms with Crippen molar-refractivity contribution in [1.82, 2.24) is 5.32 Å². The Kier molecular flexibility index (Phi) is 4.71. The van der Waals surface area contributed by atoms with Gasteiger partial charge in [0.05, 0.1) is 6.42 Å². The molecule has 2 fully saturated rings. The first-order valence-corrected chi connectivity index (χ1v) is 7.96. The van der Waals surface area contributed by atoms with Crippen molar-refractivity contribution >= 4 is 11.9 Å². The van der Waals surface area contributed by atoms with E-state index in [4.69, 9.17) is 5.11 Å². The number of nitrogens with one attached hydrogen (secondary N) is 1. The molecule has 1 amide bonds. The molecule has 0 unspecified atom stereocenters. The van der Waals surface area contributed by atoms with Gasteiger partial charge in [0.25, 0.3) is 0 Å². The van der Waals surface area contributed by atoms with Crippen LogP contribution >= 0.6 is 0 Å². The maximum atomic E-state index is 12.4. The van der Waals surface area contributed by atoms with Gasteiger partial charge in [-0.2, -0.15) is 0 Å². The lowest BCUT2D eigenvalue weighted by atomic mass is 9.78. The standard InChI is InChI=1S/C16H27NO3/c1-15(7-3-2-4-8-15)17-13(18)11-16(12-14(19)20)9-5-6-10-16/h2-12H2,1H3,(H,17,18)(H,19,20). The molecule has 2 rings (SSSR count). The highest BCUT2D eigenvalue weighted by Gasteiger charge is 2.39. The van der Waals surface area contributed by atoms with Crippen molar-refractivity contribution in [3.63, 3.8) is 0 Å². The van der Waals surface area contributed by atoms with Gasteiger partial charge in [-0.1, -0.05) is 32.1 Å². The minimum atomic E-state index is -0.774. The van der Waals surface area contributed by atoms with E-state index in [1.807, 2.05) is 0 Å². The van der Waals surface area contributed by atoms with E-state index in [0.717, 1.165) is 38.5 Å². The first-order valence-electron chi connectivity index (χ1n) is 7.96. The molecule has 4 heteroatoms. The Morgan fingerprint density at radius 1 is 0.950 bits per heavy atom. The number of carboxylic acid groups (broad SMARTS) is 1. The number of amides is 1. The Labute approximate surface area is 121 Å². The predicted octanol–water partition coefficient (Wildman–Crippen LogP) is 3.25. The van der Waals surface area contributed by atoms with E-state index in [1.54, 1.807) is 0 Å². The van der Waals surface area contributed by atoms with Crippen molar-refractivity contribution in [2.75, 3.05) is 0 Å². The molecule has 114 valence electrons. The maximum absolute atomic E-state index is 12.4. The summed E-state index contributed by atoms with van der Waals surface area (Å²) in [7, 11) is 0. The van der Waals surface area contributed by atoms with Crippen LogP contribution < -0.4 is 5.32 Å². The number of aliphatic carboxylic acids is 1. The molecule has 2 saturated carbocycles. The summed E-state index contributed by atoms with van der Waals surface area (Å²) < 4.78 is 0. The molecule has 2 N–H and O–H groups in total. The number of carbonyl (C=O) groups excluding carboxylic acids is 1. The largest absolute Gasteiger partial charge is 0.481 e. The highest BCUT2D eigenvalue weighted by Crippen LogP contribution is 2.44. The monoisotopic (exact) mass is 281 g/mol. The first-order chi connectivity index (χ1) is 9.43. The van der Waals surface area contributed by atoms with Gasteiger partial charge in [0.15, 0.2) is 0 Å². The van der Waals surface area contributed by atoms with Gasteiger partial charge in [0.1, 0.15) is 0 Å². The average molecular weight is 281 g/mol. The summed E-state index contributed by atoms with van der Waals surface area (Å²) in [6, 6.07) is 0. The molecule has 0 saturated heterocycles. The second-order valence-corrected chi connectivity index (χ2v) is 7.12. The van der Waals surface area contributed by atoms with E-state index in [-0.39, 0.29) is 23.3 Å². The Morgan fingerprint density at radius 3 is 2.05 bits per heavy atom. The average Bonchev–Trinajstić information content (AvgIpc) is 2.76. The molecule has 0 aliphatic heterocycles. The van der Waals surface area contributed by atoms with Gasteiger partial charge in [-0.3, -0.25) is 9.59 Å². The van der Waals surface area contributed by atoms with Crippen LogP contribution in [0.5, 0.6) is 0 Å². The van der Waals surface area contributed by atoms with Crippen molar-refractivity contribution in [3.8, 4) is 0 Å². The molecule has 0 aromatic rings. The number of carboxylic acids is 1. The van der Waals surface area contributed by atoms with Crippen LogP contribution in [0, 0.1) is 5.41 Å². The lowest BCUT2D eigenvalue weighted by Gasteiger charge is -2.36. The summed E-state index contributed by atoms with van der Waals surface area (Å²) >= 11 is 0. The van der Waals surface area contributed by atoms with Gasteiger partial charge < -0.3 is 10.4 Å². The number of hydrogen-bond acceptors (Lipinski definition) is 2. The zero-order valence-electron chi connectivity index (χ0n) is 12.5. The van der Waals surface area contributed by atoms with Crippen LogP contribution in [0.15, 0.2) is 0 Å². The molecule has 0 heterocycles. The summed E-state index contributed by atoms with van der Waals surface area (Å²) in [5, 5.41) is 12.3. The van der Waals surface area contributed by atoms with E-state index < -0.39 is 5.97 Å². The minimum absolute atomic E-state index is 0.0533. The van der Waals surface area contributed by atoms with Gasteiger partial charge in [0, 0.05) is 12.0 Å². The van der Waals surface area contributed by atoms with Gasteiger partial charge >= 0.3 is 5.97 Å². The predicted molar refractivity (Wildman–Crippen MR) is 77.4 cm³/mol. The fourth-order valence-electron chi connectivity index (χ4n) is 4.04. The SMILES string of the molecule is CC1(NC(=O)CC2(CC(=O)O)CCCC2)CCCCC1. The van der Waals surface area contributed by atoms with E-state index in [9.17, 15) is 9.59 Å². The van der Waals surface area contributed by atoms with Gasteiger partial charge in [-0.05, 0) is 38.0 Å². The zero-order valence-corrected chi connectivity index (χ0v) is 12.5. The molecular weight excluding hydrogens is 254 g/mol. The van der Waals surface area contributed by atoms with Crippen LogP contribution in [0.25, 0.3) is 0 Å². The Balaban J connectivity index is 1.93. The minimum Gasteiger partial charge on any atom is -0.481 e. The summed E-state index contributed by atoms with van der Waals surface area (Å²) in [6.07, 6.45) is 10.1. The molecule has 0 bridgehead atoms. The third-order valence-corrected chi connectivity index (χ3v) is 5.12. The van der Waals surface area contributed by atoms with E-state index in [2.05, 4.69) is 12.2 Å². The number of rotatable bonds is 5. The quantitative estimate of drug-likeness (QED) is 0.813. The fourth-order valence-corrected chi connectivity index (χ4v) is 4.04. The van der Waals surface area contributed by atoms with Crippen LogP contribution in [0.3, 0.4) is 0 Å². The summed E-state index contributed by atoms with van der Waals surface area (Å²) in [5.74, 6) is -0.721. The van der Waals surface area contributed by atoms with E-state index in [0.29, 0.717) is 6.42 Å². The molecule has 0 radical (unpaired) electrons. The Morgan fingerprint density at radius 2 is 1.50 bits per heavy atom. The maximum Gasteiger partial charge on any atom is 0.303 e. The lowest BCUT2D eigenvalue weighted by Crippen LogP contribution is -2.48. The molecule has 2 aliphatic rings. The number of carbonyl (C=O) groups is 2. The van der Waals surface area contributed by atoms with Gasteiger partial charge in [-0.15, -0.1) is 0 Å². The summed E-state index contributed by atoms with van der Waals surface area (Å²) in [5.41, 5.74) is -0.362. The van der Waals surface area contributed by atoms with Crippen molar-refractivity contribution in [2.24, 2.45) is 5.41 Å². The Bertz CT molecular complexity index is 366.